The molecule has 2 aromatic carbocycles. The van der Waals surface area contributed by atoms with E-state index in [1.807, 2.05) is 0 Å². The average molecular weight is 432 g/mol. The average Bonchev–Trinajstić information content (AvgIpc) is 3.21. The maximum absolute atomic E-state index is 12.4. The summed E-state index contributed by atoms with van der Waals surface area (Å²) in [5.41, 5.74) is 0.763. The van der Waals surface area contributed by atoms with Gasteiger partial charge in [-0.3, -0.25) is 10.1 Å². The van der Waals surface area contributed by atoms with Crippen LogP contribution in [0.1, 0.15) is 10.4 Å². The second kappa shape index (κ2) is 8.51. The number of benzene rings is 2. The number of aromatic nitrogens is 2. The maximum Gasteiger partial charge on any atom is 0.322 e. The van der Waals surface area contributed by atoms with Gasteiger partial charge in [0.2, 0.25) is 10.0 Å². The second-order valence-electron chi connectivity index (χ2n) is 6.24. The number of carbonyl (C=O) groups excluding carboxylic acids is 1. The second-order valence-corrected chi connectivity index (χ2v) is 8.40. The quantitative estimate of drug-likeness (QED) is 0.603. The summed E-state index contributed by atoms with van der Waals surface area (Å²) in [5, 5.41) is 10.2. The van der Waals surface area contributed by atoms with Gasteiger partial charge >= 0.3 is 6.01 Å². The first kappa shape index (κ1) is 21.3. The van der Waals surface area contributed by atoms with E-state index < -0.39 is 15.9 Å². The Balaban J connectivity index is 1.77. The van der Waals surface area contributed by atoms with Crippen molar-refractivity contribution in [2.45, 2.75) is 4.90 Å². The first-order valence-corrected chi connectivity index (χ1v) is 10.1. The summed E-state index contributed by atoms with van der Waals surface area (Å²) in [6.07, 6.45) is 0. The van der Waals surface area contributed by atoms with Crippen molar-refractivity contribution in [3.63, 3.8) is 0 Å². The van der Waals surface area contributed by atoms with Gasteiger partial charge in [0.25, 0.3) is 11.8 Å². The monoisotopic (exact) mass is 432 g/mol. The summed E-state index contributed by atoms with van der Waals surface area (Å²) < 4.78 is 41.3. The van der Waals surface area contributed by atoms with Gasteiger partial charge in [0.05, 0.1) is 24.7 Å². The van der Waals surface area contributed by atoms with Crippen LogP contribution >= 0.6 is 0 Å². The fourth-order valence-corrected chi connectivity index (χ4v) is 3.42. The number of methoxy groups -OCH3 is 2. The number of hydrogen-bond donors (Lipinski definition) is 1. The van der Waals surface area contributed by atoms with Crippen LogP contribution in [-0.4, -0.2) is 57.1 Å². The molecule has 0 aliphatic rings. The number of sulfonamides is 1. The molecule has 1 N–H and O–H groups in total. The molecule has 0 saturated carbocycles. The van der Waals surface area contributed by atoms with Gasteiger partial charge in [-0.1, -0.05) is 5.10 Å². The van der Waals surface area contributed by atoms with E-state index >= 15 is 0 Å². The summed E-state index contributed by atoms with van der Waals surface area (Å²) in [4.78, 5) is 12.5. The molecule has 10 nitrogen and oxygen atoms in total. The molecule has 0 bridgehead atoms. The summed E-state index contributed by atoms with van der Waals surface area (Å²) >= 11 is 0. The van der Waals surface area contributed by atoms with E-state index in [0.29, 0.717) is 17.1 Å². The highest BCUT2D eigenvalue weighted by atomic mass is 32.2. The van der Waals surface area contributed by atoms with Gasteiger partial charge < -0.3 is 13.9 Å². The van der Waals surface area contributed by atoms with Crippen LogP contribution in [0.5, 0.6) is 11.5 Å². The summed E-state index contributed by atoms with van der Waals surface area (Å²) in [6, 6.07) is 10.5. The first-order chi connectivity index (χ1) is 14.3. The molecule has 3 aromatic rings. The number of anilines is 1. The van der Waals surface area contributed by atoms with Crippen LogP contribution in [0.4, 0.5) is 6.01 Å². The smallest absolute Gasteiger partial charge is 0.322 e. The lowest BCUT2D eigenvalue weighted by atomic mass is 10.2. The van der Waals surface area contributed by atoms with E-state index in [-0.39, 0.29) is 22.4 Å². The molecule has 1 aromatic heterocycles. The summed E-state index contributed by atoms with van der Waals surface area (Å²) in [7, 11) is 2.32. The van der Waals surface area contributed by atoms with Crippen molar-refractivity contribution in [2.24, 2.45) is 0 Å². The van der Waals surface area contributed by atoms with Crippen molar-refractivity contribution in [3.05, 3.63) is 48.0 Å². The van der Waals surface area contributed by atoms with Gasteiger partial charge in [-0.05, 0) is 36.4 Å². The van der Waals surface area contributed by atoms with Crippen molar-refractivity contribution in [2.75, 3.05) is 33.6 Å². The van der Waals surface area contributed by atoms with Gasteiger partial charge in [-0.2, -0.15) is 0 Å². The SMILES string of the molecule is COc1ccc(-c2nnc(NC(=O)c3ccc(S(=O)(=O)N(C)C)cc3)o2)c(OC)c1. The minimum absolute atomic E-state index is 0.0794. The predicted octanol–water partition coefficient (Wildman–Crippen LogP) is 2.26. The van der Waals surface area contributed by atoms with Crippen molar-refractivity contribution in [3.8, 4) is 23.0 Å². The molecule has 3 rings (SSSR count). The molecule has 0 aliphatic carbocycles. The maximum atomic E-state index is 12.4. The van der Waals surface area contributed by atoms with Crippen LogP contribution in [0.25, 0.3) is 11.5 Å². The molecule has 158 valence electrons. The molecular formula is C19H20N4O6S. The zero-order valence-electron chi connectivity index (χ0n) is 16.7. The Morgan fingerprint density at radius 1 is 1.03 bits per heavy atom. The van der Waals surface area contributed by atoms with E-state index in [1.54, 1.807) is 18.2 Å². The highest BCUT2D eigenvalue weighted by Crippen LogP contribution is 2.33. The Hall–Kier alpha value is -3.44. The van der Waals surface area contributed by atoms with Crippen LogP contribution in [0.2, 0.25) is 0 Å². The number of rotatable bonds is 7. The van der Waals surface area contributed by atoms with Crippen molar-refractivity contribution in [1.29, 1.82) is 0 Å². The van der Waals surface area contributed by atoms with Crippen molar-refractivity contribution in [1.82, 2.24) is 14.5 Å². The molecule has 0 fully saturated rings. The third kappa shape index (κ3) is 4.26. The molecular weight excluding hydrogens is 412 g/mol. The first-order valence-electron chi connectivity index (χ1n) is 8.66. The predicted molar refractivity (Wildman–Crippen MR) is 108 cm³/mol. The largest absolute Gasteiger partial charge is 0.497 e. The van der Waals surface area contributed by atoms with Crippen LogP contribution in [-0.2, 0) is 10.0 Å². The van der Waals surface area contributed by atoms with Crippen LogP contribution in [0.3, 0.4) is 0 Å². The van der Waals surface area contributed by atoms with E-state index in [0.717, 1.165) is 4.31 Å². The normalized spacial score (nSPS) is 11.4. The van der Waals surface area contributed by atoms with E-state index in [9.17, 15) is 13.2 Å². The van der Waals surface area contributed by atoms with Crippen molar-refractivity contribution >= 4 is 21.9 Å². The minimum Gasteiger partial charge on any atom is -0.497 e. The topological polar surface area (TPSA) is 124 Å². The standard InChI is InChI=1S/C19H20N4O6S/c1-23(2)30(25,26)14-8-5-12(6-9-14)17(24)20-19-22-21-18(29-19)15-10-7-13(27-3)11-16(15)28-4/h5-11H,1-4H3,(H,20,22,24). The number of nitrogens with zero attached hydrogens (tertiary/aromatic N) is 3. The van der Waals surface area contributed by atoms with E-state index in [4.69, 9.17) is 13.9 Å². The molecule has 0 aliphatic heterocycles. The fourth-order valence-electron chi connectivity index (χ4n) is 2.52. The Bertz CT molecular complexity index is 1160. The lowest BCUT2D eigenvalue weighted by Crippen LogP contribution is -2.22. The molecule has 0 saturated heterocycles. The number of nitrogens with one attached hydrogen (secondary N) is 1. The van der Waals surface area contributed by atoms with Gasteiger partial charge in [0, 0.05) is 25.7 Å². The molecule has 0 spiro atoms. The van der Waals surface area contributed by atoms with Gasteiger partial charge in [-0.15, -0.1) is 5.10 Å². The Kier molecular flexibility index (Phi) is 6.04. The van der Waals surface area contributed by atoms with Crippen LogP contribution in [0.15, 0.2) is 51.8 Å². The molecule has 1 amide bonds. The molecule has 0 unspecified atom stereocenters. The lowest BCUT2D eigenvalue weighted by molar-refractivity contribution is 0.102. The molecule has 1 heterocycles. The highest BCUT2D eigenvalue weighted by molar-refractivity contribution is 7.89. The number of ether oxygens (including phenoxy) is 2. The molecule has 0 atom stereocenters. The fraction of sp³-hybridized carbons (Fsp3) is 0.211. The summed E-state index contributed by atoms with van der Waals surface area (Å²) in [6.45, 7) is 0. The van der Waals surface area contributed by atoms with Gasteiger partial charge in [0.15, 0.2) is 0 Å². The molecule has 30 heavy (non-hydrogen) atoms. The summed E-state index contributed by atoms with van der Waals surface area (Å²) in [5.74, 6) is 0.690. The number of hydrogen-bond acceptors (Lipinski definition) is 8. The number of carbonyl (C=O) groups is 1. The zero-order chi connectivity index (χ0) is 21.9. The van der Waals surface area contributed by atoms with Gasteiger partial charge in [-0.25, -0.2) is 12.7 Å². The third-order valence-electron chi connectivity index (χ3n) is 4.18. The van der Waals surface area contributed by atoms with E-state index in [2.05, 4.69) is 15.5 Å². The Morgan fingerprint density at radius 3 is 2.33 bits per heavy atom. The zero-order valence-corrected chi connectivity index (χ0v) is 17.6. The lowest BCUT2D eigenvalue weighted by Gasteiger charge is -2.11. The van der Waals surface area contributed by atoms with Crippen LogP contribution < -0.4 is 14.8 Å². The highest BCUT2D eigenvalue weighted by Gasteiger charge is 2.19. The minimum atomic E-state index is -3.58. The van der Waals surface area contributed by atoms with E-state index in [1.165, 1.54) is 52.6 Å². The molecule has 11 heteroatoms. The number of amides is 1. The van der Waals surface area contributed by atoms with Gasteiger partial charge in [0.1, 0.15) is 11.5 Å². The van der Waals surface area contributed by atoms with Crippen LogP contribution in [0, 0.1) is 0 Å². The molecule has 0 radical (unpaired) electrons. The third-order valence-corrected chi connectivity index (χ3v) is 6.01. The Labute approximate surface area is 173 Å². The van der Waals surface area contributed by atoms with Crippen molar-refractivity contribution < 1.29 is 27.1 Å². The Morgan fingerprint density at radius 2 is 1.73 bits per heavy atom.